The molecule has 0 radical (unpaired) electrons. The highest BCUT2D eigenvalue weighted by molar-refractivity contribution is 7.99. The molecule has 2 rings (SSSR count). The summed E-state index contributed by atoms with van der Waals surface area (Å²) in [6.45, 7) is 6.06. The molecule has 1 amide bonds. The number of carbonyl (C=O) groups is 1. The second kappa shape index (κ2) is 7.77. The number of rotatable bonds is 4. The zero-order valence-electron chi connectivity index (χ0n) is 13.6. The summed E-state index contributed by atoms with van der Waals surface area (Å²) in [5.41, 5.74) is 1.72. The normalized spacial score (nSPS) is 18.6. The van der Waals surface area contributed by atoms with E-state index in [2.05, 4.69) is 16.7 Å². The van der Waals surface area contributed by atoms with Crippen molar-refractivity contribution < 1.29 is 9.53 Å². The van der Waals surface area contributed by atoms with Crippen LogP contribution in [-0.2, 0) is 11.3 Å². The molecular weight excluding hydrogens is 296 g/mol. The number of ether oxygens (including phenoxy) is 1. The number of nitrogens with one attached hydrogen (secondary N) is 2. The molecule has 2 N–H and O–H groups in total. The third-order valence-electron chi connectivity index (χ3n) is 3.36. The van der Waals surface area contributed by atoms with Crippen LogP contribution in [0.1, 0.15) is 39.2 Å². The summed E-state index contributed by atoms with van der Waals surface area (Å²) in [5, 5.41) is 6.44. The van der Waals surface area contributed by atoms with Crippen molar-refractivity contribution in [1.82, 2.24) is 5.32 Å². The van der Waals surface area contributed by atoms with Gasteiger partial charge in [0, 0.05) is 24.0 Å². The van der Waals surface area contributed by atoms with Crippen LogP contribution < -0.4 is 10.6 Å². The molecule has 1 aliphatic rings. The van der Waals surface area contributed by atoms with Crippen molar-refractivity contribution in [2.75, 3.05) is 16.8 Å². The fourth-order valence-electron chi connectivity index (χ4n) is 2.37. The monoisotopic (exact) mass is 322 g/mol. The molecule has 1 saturated heterocycles. The minimum atomic E-state index is -0.471. The summed E-state index contributed by atoms with van der Waals surface area (Å²) in [7, 11) is 0. The molecule has 0 aliphatic carbocycles. The van der Waals surface area contributed by atoms with E-state index >= 15 is 0 Å². The molecule has 1 unspecified atom stereocenters. The lowest BCUT2D eigenvalue weighted by molar-refractivity contribution is 0.0523. The Morgan fingerprint density at radius 3 is 2.82 bits per heavy atom. The fraction of sp³-hybridized carbons (Fsp3) is 0.588. The molecular formula is C17H26N2O2S. The quantitative estimate of drug-likeness (QED) is 0.879. The van der Waals surface area contributed by atoms with Crippen molar-refractivity contribution in [1.29, 1.82) is 0 Å². The Kier molecular flexibility index (Phi) is 6.00. The topological polar surface area (TPSA) is 50.4 Å². The van der Waals surface area contributed by atoms with E-state index in [-0.39, 0.29) is 6.09 Å². The van der Waals surface area contributed by atoms with E-state index in [0.29, 0.717) is 12.6 Å². The largest absolute Gasteiger partial charge is 0.444 e. The zero-order valence-corrected chi connectivity index (χ0v) is 14.5. The predicted molar refractivity (Wildman–Crippen MR) is 93.5 cm³/mol. The van der Waals surface area contributed by atoms with Crippen LogP contribution in [0.5, 0.6) is 0 Å². The number of anilines is 1. The van der Waals surface area contributed by atoms with Gasteiger partial charge in [0.2, 0.25) is 0 Å². The van der Waals surface area contributed by atoms with Crippen LogP contribution in [0.2, 0.25) is 0 Å². The van der Waals surface area contributed by atoms with E-state index in [1.165, 1.54) is 18.6 Å². The maximum absolute atomic E-state index is 11.8. The van der Waals surface area contributed by atoms with E-state index in [1.807, 2.05) is 50.7 Å². The van der Waals surface area contributed by atoms with Crippen LogP contribution in [0.4, 0.5) is 10.5 Å². The highest BCUT2D eigenvalue weighted by Crippen LogP contribution is 2.23. The molecule has 0 saturated carbocycles. The lowest BCUT2D eigenvalue weighted by Gasteiger charge is -2.25. The summed E-state index contributed by atoms with van der Waals surface area (Å²) in [6, 6.07) is 8.64. The predicted octanol–water partition coefficient (Wildman–Crippen LogP) is 4.02. The highest BCUT2D eigenvalue weighted by Gasteiger charge is 2.17. The number of benzene rings is 1. The van der Waals surface area contributed by atoms with Crippen LogP contribution in [0.25, 0.3) is 0 Å². The van der Waals surface area contributed by atoms with E-state index in [1.54, 1.807) is 0 Å². The molecule has 0 spiro atoms. The summed E-state index contributed by atoms with van der Waals surface area (Å²) in [6.07, 6.45) is 2.09. The van der Waals surface area contributed by atoms with Gasteiger partial charge in [-0.1, -0.05) is 18.2 Å². The number of amides is 1. The number of carbonyl (C=O) groups excluding carboxylic acids is 1. The van der Waals surface area contributed by atoms with Gasteiger partial charge in [-0.05, 0) is 51.0 Å². The molecule has 22 heavy (non-hydrogen) atoms. The third-order valence-corrected chi connectivity index (χ3v) is 4.57. The van der Waals surface area contributed by atoms with Crippen molar-refractivity contribution in [2.24, 2.45) is 0 Å². The molecule has 0 aromatic heterocycles. The third kappa shape index (κ3) is 5.79. The Morgan fingerprint density at radius 1 is 1.36 bits per heavy atom. The summed E-state index contributed by atoms with van der Waals surface area (Å²) in [4.78, 5) is 11.8. The summed E-state index contributed by atoms with van der Waals surface area (Å²) >= 11 is 2.00. The average molecular weight is 322 g/mol. The van der Waals surface area contributed by atoms with Crippen molar-refractivity contribution >= 4 is 23.5 Å². The van der Waals surface area contributed by atoms with Crippen LogP contribution in [0.3, 0.4) is 0 Å². The number of hydrogen-bond acceptors (Lipinski definition) is 4. The minimum absolute atomic E-state index is 0.379. The smallest absolute Gasteiger partial charge is 0.407 e. The van der Waals surface area contributed by atoms with Gasteiger partial charge in [-0.3, -0.25) is 0 Å². The van der Waals surface area contributed by atoms with Crippen LogP contribution in [0, 0.1) is 0 Å². The molecule has 5 heteroatoms. The van der Waals surface area contributed by atoms with Gasteiger partial charge >= 0.3 is 6.09 Å². The molecule has 1 heterocycles. The minimum Gasteiger partial charge on any atom is -0.444 e. The Balaban J connectivity index is 1.91. The van der Waals surface area contributed by atoms with Gasteiger partial charge in [0.15, 0.2) is 0 Å². The molecule has 1 aliphatic heterocycles. The summed E-state index contributed by atoms with van der Waals surface area (Å²) in [5.74, 6) is 2.41. The number of alkyl carbamates (subject to hydrolysis) is 1. The van der Waals surface area contributed by atoms with E-state index in [9.17, 15) is 4.79 Å². The second-order valence-electron chi connectivity index (χ2n) is 6.57. The van der Waals surface area contributed by atoms with Crippen LogP contribution in [0.15, 0.2) is 24.3 Å². The van der Waals surface area contributed by atoms with Crippen molar-refractivity contribution in [2.45, 2.75) is 51.8 Å². The highest BCUT2D eigenvalue weighted by atomic mass is 32.2. The van der Waals surface area contributed by atoms with Gasteiger partial charge in [-0.15, -0.1) is 0 Å². The molecule has 122 valence electrons. The first-order valence-electron chi connectivity index (χ1n) is 7.83. The number of hydrogen-bond donors (Lipinski definition) is 2. The average Bonchev–Trinajstić information content (AvgIpc) is 2.46. The van der Waals surface area contributed by atoms with E-state index in [0.717, 1.165) is 17.0 Å². The lowest BCUT2D eigenvalue weighted by Crippen LogP contribution is -2.32. The van der Waals surface area contributed by atoms with Gasteiger partial charge in [0.25, 0.3) is 0 Å². The molecule has 1 aromatic carbocycles. The zero-order chi connectivity index (χ0) is 16.0. The maximum atomic E-state index is 11.8. The van der Waals surface area contributed by atoms with Gasteiger partial charge in [-0.2, -0.15) is 11.8 Å². The molecule has 1 atom stereocenters. The van der Waals surface area contributed by atoms with Gasteiger partial charge < -0.3 is 15.4 Å². The Hall–Kier alpha value is -1.36. The first kappa shape index (κ1) is 17.0. The van der Waals surface area contributed by atoms with Crippen molar-refractivity contribution in [3.05, 3.63) is 29.8 Å². The Morgan fingerprint density at radius 2 is 2.14 bits per heavy atom. The van der Waals surface area contributed by atoms with Crippen LogP contribution in [-0.4, -0.2) is 29.2 Å². The first-order chi connectivity index (χ1) is 10.4. The van der Waals surface area contributed by atoms with Crippen LogP contribution >= 0.6 is 11.8 Å². The Labute approximate surface area is 137 Å². The van der Waals surface area contributed by atoms with Gasteiger partial charge in [-0.25, -0.2) is 4.79 Å². The molecule has 0 bridgehead atoms. The second-order valence-corrected chi connectivity index (χ2v) is 7.72. The van der Waals surface area contributed by atoms with E-state index < -0.39 is 5.60 Å². The van der Waals surface area contributed by atoms with Crippen molar-refractivity contribution in [3.63, 3.8) is 0 Å². The standard InChI is InChI=1S/C17H26N2O2S/c1-17(2,3)21-16(20)18-11-13-7-4-5-9-15(13)19-14-8-6-10-22-12-14/h4-5,7,9,14,19H,6,8,10-12H2,1-3H3,(H,18,20). The molecule has 4 nitrogen and oxygen atoms in total. The summed E-state index contributed by atoms with van der Waals surface area (Å²) < 4.78 is 5.28. The number of thioether (sulfide) groups is 1. The first-order valence-corrected chi connectivity index (χ1v) is 8.98. The fourth-order valence-corrected chi connectivity index (χ4v) is 3.44. The Bertz CT molecular complexity index is 494. The molecule has 1 aromatic rings. The molecule has 1 fully saturated rings. The SMILES string of the molecule is CC(C)(C)OC(=O)NCc1ccccc1NC1CCCSC1. The number of para-hydroxylation sites is 1. The maximum Gasteiger partial charge on any atom is 0.407 e. The van der Waals surface area contributed by atoms with Crippen molar-refractivity contribution in [3.8, 4) is 0 Å². The van der Waals surface area contributed by atoms with Gasteiger partial charge in [0.1, 0.15) is 5.60 Å². The van der Waals surface area contributed by atoms with E-state index in [4.69, 9.17) is 4.74 Å². The van der Waals surface area contributed by atoms with Gasteiger partial charge in [0.05, 0.1) is 0 Å². The lowest BCUT2D eigenvalue weighted by atomic mass is 10.1.